The Morgan fingerprint density at radius 1 is 1.32 bits per heavy atom. The van der Waals surface area contributed by atoms with Gasteiger partial charge in [0, 0.05) is 45.0 Å². The summed E-state index contributed by atoms with van der Waals surface area (Å²) in [6.45, 7) is 7.44. The van der Waals surface area contributed by atoms with Crippen LogP contribution < -0.4 is 16.0 Å². The smallest absolute Gasteiger partial charge is 0.248 e. The average molecular weight is 489 g/mol. The van der Waals surface area contributed by atoms with Crippen molar-refractivity contribution in [1.29, 1.82) is 0 Å². The number of hydrogen-bond donors (Lipinski definition) is 3. The Hall–Kier alpha value is -2.46. The molecule has 2 aliphatic rings. The van der Waals surface area contributed by atoms with Crippen LogP contribution in [0.4, 0.5) is 17.5 Å². The summed E-state index contributed by atoms with van der Waals surface area (Å²) in [6.07, 6.45) is 4.20. The lowest BCUT2D eigenvalue weighted by molar-refractivity contribution is -0.133. The largest absolute Gasteiger partial charge is 0.372 e. The van der Waals surface area contributed by atoms with Crippen LogP contribution in [0.1, 0.15) is 37.0 Å². The van der Waals surface area contributed by atoms with Gasteiger partial charge >= 0.3 is 0 Å². The second kappa shape index (κ2) is 12.3. The first kappa shape index (κ1) is 24.7. The first-order valence-corrected chi connectivity index (χ1v) is 12.4. The molecule has 0 saturated carbocycles. The third-order valence-corrected chi connectivity index (χ3v) is 6.27. The molecule has 3 heterocycles. The molecule has 1 amide bonds. The van der Waals surface area contributed by atoms with Crippen LogP contribution in [0.2, 0.25) is 5.02 Å². The molecule has 2 saturated heterocycles. The quantitative estimate of drug-likeness (QED) is 0.463. The molecule has 1 aromatic heterocycles. The molecule has 1 unspecified atom stereocenters. The number of anilines is 3. The summed E-state index contributed by atoms with van der Waals surface area (Å²) < 4.78 is 11.2. The average Bonchev–Trinajstić information content (AvgIpc) is 3.08. The molecule has 0 bridgehead atoms. The first-order chi connectivity index (χ1) is 16.6. The number of nitrogens with one attached hydrogen (secondary N) is 3. The molecule has 0 radical (unpaired) electrons. The van der Waals surface area contributed by atoms with Crippen molar-refractivity contribution in [2.24, 2.45) is 0 Å². The molecule has 34 heavy (non-hydrogen) atoms. The molecule has 1 aromatic carbocycles. The number of benzene rings is 1. The van der Waals surface area contributed by atoms with Crippen molar-refractivity contribution in [2.75, 3.05) is 63.2 Å². The van der Waals surface area contributed by atoms with Crippen molar-refractivity contribution < 1.29 is 14.3 Å². The number of morpholine rings is 1. The highest BCUT2D eigenvalue weighted by Crippen LogP contribution is 2.27. The Kier molecular flexibility index (Phi) is 8.92. The highest BCUT2D eigenvalue weighted by atomic mass is 35.5. The summed E-state index contributed by atoms with van der Waals surface area (Å²) in [5, 5.41) is 10.4. The van der Waals surface area contributed by atoms with Gasteiger partial charge in [0.05, 0.1) is 18.9 Å². The van der Waals surface area contributed by atoms with Crippen molar-refractivity contribution in [3.8, 4) is 0 Å². The fraction of sp³-hybridized carbons (Fsp3) is 0.542. The summed E-state index contributed by atoms with van der Waals surface area (Å²) >= 11 is 6.32. The zero-order valence-corrected chi connectivity index (χ0v) is 20.4. The summed E-state index contributed by atoms with van der Waals surface area (Å²) in [4.78, 5) is 22.8. The van der Waals surface area contributed by atoms with Crippen molar-refractivity contribution in [1.82, 2.24) is 20.2 Å². The predicted molar refractivity (Wildman–Crippen MR) is 133 cm³/mol. The highest BCUT2D eigenvalue weighted by molar-refractivity contribution is 6.32. The van der Waals surface area contributed by atoms with Gasteiger partial charge in [0.15, 0.2) is 0 Å². The number of hydrogen-bond acceptors (Lipinski definition) is 8. The minimum Gasteiger partial charge on any atom is -0.372 e. The third-order valence-electron chi connectivity index (χ3n) is 5.99. The Labute approximate surface area is 205 Å². The van der Waals surface area contributed by atoms with Gasteiger partial charge in [-0.25, -0.2) is 4.98 Å². The predicted octanol–water partition coefficient (Wildman–Crippen LogP) is 3.15. The fourth-order valence-corrected chi connectivity index (χ4v) is 4.28. The monoisotopic (exact) mass is 488 g/mol. The van der Waals surface area contributed by atoms with Gasteiger partial charge in [0.2, 0.25) is 11.9 Å². The van der Waals surface area contributed by atoms with E-state index in [-0.39, 0.29) is 18.6 Å². The van der Waals surface area contributed by atoms with Crippen molar-refractivity contribution in [3.05, 3.63) is 40.5 Å². The number of carbonyl (C=O) groups excluding carboxylic acids is 1. The molecule has 2 aliphatic heterocycles. The van der Waals surface area contributed by atoms with E-state index in [4.69, 9.17) is 21.1 Å². The van der Waals surface area contributed by atoms with E-state index in [9.17, 15) is 4.79 Å². The van der Waals surface area contributed by atoms with Crippen LogP contribution in [0, 0.1) is 0 Å². The number of ether oxygens (including phenoxy) is 2. The molecule has 2 fully saturated rings. The van der Waals surface area contributed by atoms with E-state index in [2.05, 4.69) is 51.0 Å². The maximum Gasteiger partial charge on any atom is 0.248 e. The van der Waals surface area contributed by atoms with Gasteiger partial charge in [0.25, 0.3) is 0 Å². The molecular formula is C24H33ClN6O3. The van der Waals surface area contributed by atoms with Crippen molar-refractivity contribution in [3.63, 3.8) is 0 Å². The molecule has 1 atom stereocenters. The maximum atomic E-state index is 12.0. The van der Waals surface area contributed by atoms with E-state index in [0.717, 1.165) is 51.2 Å². The van der Waals surface area contributed by atoms with Crippen LogP contribution in [-0.4, -0.2) is 73.3 Å². The standard InChI is InChI=1S/C24H33ClN6O3/c1-2-17-13-18(21-15-26-8-12-34-21)5-6-20(17)29-24-28-14-19(25)23(30-24)27-7-3-9-31-10-4-11-33-16-22(31)32/h5-6,13-14,21,26H,2-4,7-12,15-16H2,1H3,(H2,27,28,29,30). The van der Waals surface area contributed by atoms with Crippen LogP contribution in [0.15, 0.2) is 24.4 Å². The molecule has 9 nitrogen and oxygen atoms in total. The topological polar surface area (TPSA) is 101 Å². The zero-order chi connectivity index (χ0) is 23.8. The van der Waals surface area contributed by atoms with Crippen molar-refractivity contribution >= 4 is 35.0 Å². The highest BCUT2D eigenvalue weighted by Gasteiger charge is 2.18. The van der Waals surface area contributed by atoms with E-state index in [0.29, 0.717) is 36.5 Å². The van der Waals surface area contributed by atoms with E-state index in [1.54, 1.807) is 6.20 Å². The molecule has 3 N–H and O–H groups in total. The van der Waals surface area contributed by atoms with Crippen LogP contribution in [0.3, 0.4) is 0 Å². The van der Waals surface area contributed by atoms with E-state index in [1.807, 2.05) is 4.90 Å². The van der Waals surface area contributed by atoms with Gasteiger partial charge in [-0.05, 0) is 36.5 Å². The zero-order valence-electron chi connectivity index (χ0n) is 19.6. The minimum absolute atomic E-state index is 0.0492. The lowest BCUT2D eigenvalue weighted by Crippen LogP contribution is -2.34. The summed E-state index contributed by atoms with van der Waals surface area (Å²) in [7, 11) is 0. The number of nitrogens with zero attached hydrogens (tertiary/aromatic N) is 3. The normalized spacial score (nSPS) is 19.1. The molecule has 0 spiro atoms. The lowest BCUT2D eigenvalue weighted by atomic mass is 10.0. The van der Waals surface area contributed by atoms with Gasteiger partial charge in [-0.2, -0.15) is 4.98 Å². The third kappa shape index (κ3) is 6.56. The van der Waals surface area contributed by atoms with Gasteiger partial charge in [0.1, 0.15) is 17.4 Å². The molecule has 2 aromatic rings. The van der Waals surface area contributed by atoms with Gasteiger partial charge in [-0.3, -0.25) is 4.79 Å². The Bertz CT molecular complexity index is 970. The van der Waals surface area contributed by atoms with Crippen LogP contribution >= 0.6 is 11.6 Å². The number of halogens is 1. The maximum absolute atomic E-state index is 12.0. The summed E-state index contributed by atoms with van der Waals surface area (Å²) in [5.41, 5.74) is 3.31. The SMILES string of the molecule is CCc1cc(C2CNCCO2)ccc1Nc1ncc(Cl)c(NCCCN2CCCOCC2=O)n1. The van der Waals surface area contributed by atoms with Gasteiger partial charge in [-0.1, -0.05) is 30.7 Å². The number of amides is 1. The lowest BCUT2D eigenvalue weighted by Gasteiger charge is -2.25. The molecule has 0 aliphatic carbocycles. The number of rotatable bonds is 9. The van der Waals surface area contributed by atoms with E-state index < -0.39 is 0 Å². The second-order valence-corrected chi connectivity index (χ2v) is 8.82. The summed E-state index contributed by atoms with van der Waals surface area (Å²) in [5.74, 6) is 1.10. The number of carbonyl (C=O) groups is 1. The van der Waals surface area contributed by atoms with Crippen LogP contribution in [0.5, 0.6) is 0 Å². The first-order valence-electron chi connectivity index (χ1n) is 12.0. The Morgan fingerprint density at radius 2 is 2.24 bits per heavy atom. The molecule has 184 valence electrons. The van der Waals surface area contributed by atoms with Crippen LogP contribution in [-0.2, 0) is 20.7 Å². The summed E-state index contributed by atoms with van der Waals surface area (Å²) in [6, 6.07) is 6.33. The molecular weight excluding hydrogens is 456 g/mol. The van der Waals surface area contributed by atoms with Gasteiger partial charge < -0.3 is 30.3 Å². The number of aromatic nitrogens is 2. The Morgan fingerprint density at radius 3 is 3.06 bits per heavy atom. The second-order valence-electron chi connectivity index (χ2n) is 8.42. The fourth-order valence-electron chi connectivity index (χ4n) is 4.13. The molecule has 4 rings (SSSR count). The minimum atomic E-state index is 0.0492. The van der Waals surface area contributed by atoms with Crippen molar-refractivity contribution in [2.45, 2.75) is 32.3 Å². The van der Waals surface area contributed by atoms with E-state index in [1.165, 1.54) is 11.1 Å². The molecule has 10 heteroatoms. The van der Waals surface area contributed by atoms with E-state index >= 15 is 0 Å². The van der Waals surface area contributed by atoms with Crippen LogP contribution in [0.25, 0.3) is 0 Å². The van der Waals surface area contributed by atoms with Gasteiger partial charge in [-0.15, -0.1) is 0 Å². The Balaban J connectivity index is 1.35. The number of aryl methyl sites for hydroxylation is 1.